The van der Waals surface area contributed by atoms with Crippen LogP contribution >= 0.6 is 0 Å². The molecule has 4 atom stereocenters. The Kier molecular flexibility index (Phi) is 4.74. The summed E-state index contributed by atoms with van der Waals surface area (Å²) in [7, 11) is 0. The fourth-order valence-electron chi connectivity index (χ4n) is 5.08. The highest BCUT2D eigenvalue weighted by atomic mass is 16.6. The van der Waals surface area contributed by atoms with Crippen LogP contribution in [0.2, 0.25) is 0 Å². The number of piperidine rings is 1. The van der Waals surface area contributed by atoms with Gasteiger partial charge in [0.2, 0.25) is 0 Å². The number of carbonyl (C=O) groups excluding carboxylic acids is 1. The lowest BCUT2D eigenvalue weighted by Gasteiger charge is -2.43. The molecule has 1 heterocycles. The number of rotatable bonds is 3. The molecule has 1 saturated heterocycles. The first-order valence-electron chi connectivity index (χ1n) is 9.58. The Morgan fingerprint density at radius 3 is 2.54 bits per heavy atom. The zero-order valence-electron chi connectivity index (χ0n) is 14.3. The van der Waals surface area contributed by atoms with Gasteiger partial charge in [-0.1, -0.05) is 24.6 Å². The van der Waals surface area contributed by atoms with E-state index in [0.29, 0.717) is 17.9 Å². The average molecular weight is 328 g/mol. The molecular weight excluding hydrogens is 300 g/mol. The van der Waals surface area contributed by atoms with Crippen molar-refractivity contribution in [3.63, 3.8) is 0 Å². The SMILES string of the molecule is O=C(Nc1ccccc1)O[C@@H]1[C@H]2CC[C@H]1[C@@H](N1CCCCC1)CC2. The molecule has 2 saturated carbocycles. The van der Waals surface area contributed by atoms with Gasteiger partial charge in [0, 0.05) is 17.6 Å². The molecule has 2 bridgehead atoms. The number of anilines is 1. The highest BCUT2D eigenvalue weighted by molar-refractivity contribution is 5.84. The lowest BCUT2D eigenvalue weighted by atomic mass is 9.81. The Morgan fingerprint density at radius 2 is 1.75 bits per heavy atom. The van der Waals surface area contributed by atoms with Crippen LogP contribution in [0.4, 0.5) is 10.5 Å². The zero-order valence-corrected chi connectivity index (χ0v) is 14.3. The molecule has 1 aromatic carbocycles. The maximum absolute atomic E-state index is 12.3. The van der Waals surface area contributed by atoms with Gasteiger partial charge in [-0.2, -0.15) is 0 Å². The van der Waals surface area contributed by atoms with Gasteiger partial charge in [-0.15, -0.1) is 0 Å². The molecule has 0 spiro atoms. The van der Waals surface area contributed by atoms with E-state index in [2.05, 4.69) is 10.2 Å². The number of hydrogen-bond donors (Lipinski definition) is 1. The number of benzene rings is 1. The topological polar surface area (TPSA) is 41.6 Å². The minimum atomic E-state index is -0.289. The molecule has 4 nitrogen and oxygen atoms in total. The van der Waals surface area contributed by atoms with Crippen molar-refractivity contribution in [3.8, 4) is 0 Å². The Morgan fingerprint density at radius 1 is 1.00 bits per heavy atom. The number of likely N-dealkylation sites (tertiary alicyclic amines) is 1. The van der Waals surface area contributed by atoms with Gasteiger partial charge in [-0.05, 0) is 69.7 Å². The van der Waals surface area contributed by atoms with E-state index in [0.717, 1.165) is 5.69 Å². The Bertz CT molecular complexity index is 556. The summed E-state index contributed by atoms with van der Waals surface area (Å²) in [6.07, 6.45) is 8.77. The number of ether oxygens (including phenoxy) is 1. The first-order valence-corrected chi connectivity index (χ1v) is 9.58. The Balaban J connectivity index is 1.40. The molecule has 1 N–H and O–H groups in total. The minimum Gasteiger partial charge on any atom is -0.445 e. The molecular formula is C20H28N2O2. The smallest absolute Gasteiger partial charge is 0.411 e. The summed E-state index contributed by atoms with van der Waals surface area (Å²) < 4.78 is 5.93. The largest absolute Gasteiger partial charge is 0.445 e. The molecule has 3 aliphatic rings. The Labute approximate surface area is 144 Å². The molecule has 4 heteroatoms. The quantitative estimate of drug-likeness (QED) is 0.900. The number of nitrogens with one attached hydrogen (secondary N) is 1. The van der Waals surface area contributed by atoms with Crippen molar-refractivity contribution in [1.82, 2.24) is 4.90 Å². The third kappa shape index (κ3) is 3.30. The number of fused-ring (bicyclic) bond motifs is 2. The predicted octanol–water partition coefficient (Wildman–Crippen LogP) is 4.28. The average Bonchev–Trinajstić information content (AvgIpc) is 2.87. The van der Waals surface area contributed by atoms with Crippen LogP contribution in [0.1, 0.15) is 44.9 Å². The van der Waals surface area contributed by atoms with Gasteiger partial charge in [0.25, 0.3) is 0 Å². The molecule has 130 valence electrons. The first-order chi connectivity index (χ1) is 11.8. The van der Waals surface area contributed by atoms with Crippen molar-refractivity contribution in [3.05, 3.63) is 30.3 Å². The van der Waals surface area contributed by atoms with Crippen molar-refractivity contribution in [2.24, 2.45) is 11.8 Å². The summed E-state index contributed by atoms with van der Waals surface area (Å²) in [6.45, 7) is 2.46. The number of para-hydroxylation sites is 1. The third-order valence-corrected chi connectivity index (χ3v) is 6.21. The van der Waals surface area contributed by atoms with Gasteiger partial charge in [0.15, 0.2) is 0 Å². The molecule has 0 radical (unpaired) electrons. The summed E-state index contributed by atoms with van der Waals surface area (Å²) >= 11 is 0. The summed E-state index contributed by atoms with van der Waals surface area (Å²) in [5.74, 6) is 1.10. The highest BCUT2D eigenvalue weighted by Crippen LogP contribution is 2.46. The maximum Gasteiger partial charge on any atom is 0.411 e. The first kappa shape index (κ1) is 15.9. The molecule has 2 aliphatic carbocycles. The molecule has 1 amide bonds. The molecule has 0 unspecified atom stereocenters. The van der Waals surface area contributed by atoms with Crippen molar-refractivity contribution >= 4 is 11.8 Å². The summed E-state index contributed by atoms with van der Waals surface area (Å²) in [5, 5.41) is 2.88. The zero-order chi connectivity index (χ0) is 16.4. The van der Waals surface area contributed by atoms with Crippen LogP contribution in [0, 0.1) is 11.8 Å². The highest BCUT2D eigenvalue weighted by Gasteiger charge is 2.48. The van der Waals surface area contributed by atoms with Crippen molar-refractivity contribution in [2.45, 2.75) is 57.1 Å². The minimum absolute atomic E-state index is 0.106. The number of hydrogen-bond acceptors (Lipinski definition) is 3. The monoisotopic (exact) mass is 328 g/mol. The molecule has 24 heavy (non-hydrogen) atoms. The number of nitrogens with zero attached hydrogens (tertiary/aromatic N) is 1. The maximum atomic E-state index is 12.3. The lowest BCUT2D eigenvalue weighted by molar-refractivity contribution is -0.0139. The van der Waals surface area contributed by atoms with Crippen molar-refractivity contribution < 1.29 is 9.53 Å². The van der Waals surface area contributed by atoms with Gasteiger partial charge in [-0.25, -0.2) is 4.79 Å². The van der Waals surface area contributed by atoms with E-state index in [4.69, 9.17) is 4.74 Å². The van der Waals surface area contributed by atoms with Crippen LogP contribution in [0.15, 0.2) is 30.3 Å². The van der Waals surface area contributed by atoms with Gasteiger partial charge in [0.05, 0.1) is 0 Å². The summed E-state index contributed by atoms with van der Waals surface area (Å²) in [6, 6.07) is 10.2. The predicted molar refractivity (Wildman–Crippen MR) is 95.0 cm³/mol. The third-order valence-electron chi connectivity index (χ3n) is 6.21. The van der Waals surface area contributed by atoms with E-state index in [9.17, 15) is 4.79 Å². The van der Waals surface area contributed by atoms with E-state index in [1.54, 1.807) is 0 Å². The standard InChI is InChI=1S/C20H28N2O2/c23-20(21-16-7-3-1-4-8-16)24-19-15-9-11-17(19)18(12-10-15)22-13-5-2-6-14-22/h1,3-4,7-8,15,17-19H,2,5-6,9-14H2,(H,21,23)/t15-,17-,18-,19+/m0/s1. The van der Waals surface area contributed by atoms with Crippen molar-refractivity contribution in [2.75, 3.05) is 18.4 Å². The Hall–Kier alpha value is -1.55. The molecule has 0 aromatic heterocycles. The van der Waals surface area contributed by atoms with E-state index < -0.39 is 0 Å². The van der Waals surface area contributed by atoms with Crippen molar-refractivity contribution in [1.29, 1.82) is 0 Å². The fraction of sp³-hybridized carbons (Fsp3) is 0.650. The van der Waals surface area contributed by atoms with Crippen LogP contribution in [-0.2, 0) is 4.74 Å². The van der Waals surface area contributed by atoms with Crippen LogP contribution in [0.5, 0.6) is 0 Å². The second-order valence-electron chi connectivity index (χ2n) is 7.60. The number of carbonyl (C=O) groups is 1. The molecule has 3 fully saturated rings. The van der Waals surface area contributed by atoms with Crippen LogP contribution in [0.3, 0.4) is 0 Å². The number of amides is 1. The summed E-state index contributed by atoms with van der Waals surface area (Å²) in [4.78, 5) is 15.0. The van der Waals surface area contributed by atoms with Gasteiger partial charge >= 0.3 is 6.09 Å². The van der Waals surface area contributed by atoms with Crippen LogP contribution < -0.4 is 5.32 Å². The van der Waals surface area contributed by atoms with Gasteiger partial charge in [0.1, 0.15) is 6.10 Å². The molecule has 1 aromatic rings. The lowest BCUT2D eigenvalue weighted by Crippen LogP contribution is -2.50. The van der Waals surface area contributed by atoms with E-state index in [1.807, 2.05) is 30.3 Å². The van der Waals surface area contributed by atoms with Crippen LogP contribution in [0.25, 0.3) is 0 Å². The van der Waals surface area contributed by atoms with E-state index in [1.165, 1.54) is 58.0 Å². The molecule has 1 aliphatic heterocycles. The van der Waals surface area contributed by atoms with Gasteiger partial charge < -0.3 is 4.74 Å². The van der Waals surface area contributed by atoms with E-state index >= 15 is 0 Å². The van der Waals surface area contributed by atoms with Gasteiger partial charge in [-0.3, -0.25) is 10.2 Å². The van der Waals surface area contributed by atoms with E-state index in [-0.39, 0.29) is 12.2 Å². The fourth-order valence-corrected chi connectivity index (χ4v) is 5.08. The molecule has 4 rings (SSSR count). The normalized spacial score (nSPS) is 33.2. The summed E-state index contributed by atoms with van der Waals surface area (Å²) in [5.41, 5.74) is 0.804. The second-order valence-corrected chi connectivity index (χ2v) is 7.60. The second kappa shape index (κ2) is 7.14. The van der Waals surface area contributed by atoms with Crippen LogP contribution in [-0.4, -0.2) is 36.2 Å².